The highest BCUT2D eigenvalue weighted by Gasteiger charge is 2.31. The van der Waals surface area contributed by atoms with Crippen LogP contribution in [0.5, 0.6) is 0 Å². The highest BCUT2D eigenvalue weighted by Crippen LogP contribution is 2.16. The van der Waals surface area contributed by atoms with Crippen molar-refractivity contribution in [2.45, 2.75) is 18.9 Å². The summed E-state index contributed by atoms with van der Waals surface area (Å²) >= 11 is 0. The Morgan fingerprint density at radius 1 is 1.69 bits per heavy atom. The predicted molar refractivity (Wildman–Crippen MR) is 54.7 cm³/mol. The Balaban J connectivity index is 2.33. The van der Waals surface area contributed by atoms with Crippen LogP contribution < -0.4 is 5.73 Å². The molecule has 0 aliphatic carbocycles. The number of ether oxygens (including phenoxy) is 1. The molecule has 0 aromatic rings. The van der Waals surface area contributed by atoms with Crippen LogP contribution in [-0.2, 0) is 4.74 Å². The molecule has 0 spiro atoms. The summed E-state index contributed by atoms with van der Waals surface area (Å²) in [6.45, 7) is 9.21. The summed E-state index contributed by atoms with van der Waals surface area (Å²) in [5, 5.41) is 0. The average Bonchev–Trinajstić information content (AvgIpc) is 2.33. The van der Waals surface area contributed by atoms with Gasteiger partial charge in [0, 0.05) is 19.7 Å². The Labute approximate surface area is 80.5 Å². The van der Waals surface area contributed by atoms with E-state index in [4.69, 9.17) is 10.5 Å². The zero-order valence-corrected chi connectivity index (χ0v) is 8.68. The Hall–Kier alpha value is -0.380. The first-order chi connectivity index (χ1) is 6.02. The SMILES string of the molecule is C=C(C)CN(C)CC1(N)CCOC1. The lowest BCUT2D eigenvalue weighted by Gasteiger charge is -2.28. The Morgan fingerprint density at radius 2 is 2.38 bits per heavy atom. The van der Waals surface area contributed by atoms with Gasteiger partial charge in [0.25, 0.3) is 0 Å². The molecule has 3 heteroatoms. The van der Waals surface area contributed by atoms with Gasteiger partial charge in [0.1, 0.15) is 0 Å². The van der Waals surface area contributed by atoms with Gasteiger partial charge in [-0.05, 0) is 20.4 Å². The van der Waals surface area contributed by atoms with E-state index in [0.29, 0.717) is 6.61 Å². The Kier molecular flexibility index (Phi) is 3.47. The third kappa shape index (κ3) is 3.46. The maximum absolute atomic E-state index is 6.14. The number of hydrogen-bond acceptors (Lipinski definition) is 3. The van der Waals surface area contributed by atoms with E-state index < -0.39 is 0 Å². The van der Waals surface area contributed by atoms with Crippen molar-refractivity contribution in [1.29, 1.82) is 0 Å². The Morgan fingerprint density at radius 3 is 2.85 bits per heavy atom. The van der Waals surface area contributed by atoms with Crippen LogP contribution in [0.3, 0.4) is 0 Å². The Bertz CT molecular complexity index is 185. The maximum atomic E-state index is 6.14. The molecule has 0 aromatic carbocycles. The molecule has 0 saturated carbocycles. The van der Waals surface area contributed by atoms with Crippen molar-refractivity contribution >= 4 is 0 Å². The highest BCUT2D eigenvalue weighted by atomic mass is 16.5. The zero-order chi connectivity index (χ0) is 9.90. The van der Waals surface area contributed by atoms with Gasteiger partial charge in [-0.15, -0.1) is 0 Å². The fraction of sp³-hybridized carbons (Fsp3) is 0.800. The van der Waals surface area contributed by atoms with Gasteiger partial charge < -0.3 is 15.4 Å². The maximum Gasteiger partial charge on any atom is 0.0659 e. The van der Waals surface area contributed by atoms with Crippen LogP contribution in [0.25, 0.3) is 0 Å². The standard InChI is InChI=1S/C10H20N2O/c1-9(2)6-12(3)7-10(11)4-5-13-8-10/h1,4-8,11H2,2-3H3. The molecule has 1 unspecified atom stereocenters. The van der Waals surface area contributed by atoms with Crippen LogP contribution in [0.1, 0.15) is 13.3 Å². The van der Waals surface area contributed by atoms with Crippen LogP contribution in [0.4, 0.5) is 0 Å². The van der Waals surface area contributed by atoms with E-state index in [1.165, 1.54) is 5.57 Å². The zero-order valence-electron chi connectivity index (χ0n) is 8.68. The van der Waals surface area contributed by atoms with Crippen molar-refractivity contribution in [2.75, 3.05) is 33.4 Å². The minimum absolute atomic E-state index is 0.135. The average molecular weight is 184 g/mol. The second-order valence-electron chi connectivity index (χ2n) is 4.29. The highest BCUT2D eigenvalue weighted by molar-refractivity contribution is 4.95. The smallest absolute Gasteiger partial charge is 0.0659 e. The number of rotatable bonds is 4. The van der Waals surface area contributed by atoms with Crippen LogP contribution >= 0.6 is 0 Å². The van der Waals surface area contributed by atoms with Crippen molar-refractivity contribution in [3.63, 3.8) is 0 Å². The molecule has 1 rings (SSSR count). The summed E-state index contributed by atoms with van der Waals surface area (Å²) in [4.78, 5) is 2.21. The van der Waals surface area contributed by atoms with E-state index in [0.717, 1.165) is 26.1 Å². The van der Waals surface area contributed by atoms with Crippen LogP contribution in [0.15, 0.2) is 12.2 Å². The van der Waals surface area contributed by atoms with Crippen molar-refractivity contribution in [3.05, 3.63) is 12.2 Å². The summed E-state index contributed by atoms with van der Waals surface area (Å²) in [6.07, 6.45) is 0.966. The quantitative estimate of drug-likeness (QED) is 0.651. The predicted octanol–water partition coefficient (Wildman–Crippen LogP) is 0.612. The molecule has 1 saturated heterocycles. The minimum atomic E-state index is -0.135. The molecular weight excluding hydrogens is 164 g/mol. The van der Waals surface area contributed by atoms with E-state index in [1.54, 1.807) is 0 Å². The summed E-state index contributed by atoms with van der Waals surface area (Å²) < 4.78 is 5.29. The number of nitrogens with two attached hydrogens (primary N) is 1. The van der Waals surface area contributed by atoms with Gasteiger partial charge in [0.2, 0.25) is 0 Å². The first-order valence-corrected chi connectivity index (χ1v) is 4.71. The lowest BCUT2D eigenvalue weighted by atomic mass is 10.00. The van der Waals surface area contributed by atoms with E-state index in [9.17, 15) is 0 Å². The molecule has 1 aliphatic heterocycles. The number of likely N-dealkylation sites (N-methyl/N-ethyl adjacent to an activating group) is 1. The second kappa shape index (κ2) is 4.22. The van der Waals surface area contributed by atoms with Gasteiger partial charge >= 0.3 is 0 Å². The molecule has 76 valence electrons. The van der Waals surface area contributed by atoms with Crippen LogP contribution in [-0.4, -0.2) is 43.8 Å². The summed E-state index contributed by atoms with van der Waals surface area (Å²) in [6, 6.07) is 0. The molecule has 2 N–H and O–H groups in total. The van der Waals surface area contributed by atoms with Gasteiger partial charge in [-0.3, -0.25) is 0 Å². The largest absolute Gasteiger partial charge is 0.379 e. The lowest BCUT2D eigenvalue weighted by Crippen LogP contribution is -2.50. The summed E-state index contributed by atoms with van der Waals surface area (Å²) in [5.41, 5.74) is 7.18. The molecule has 1 heterocycles. The van der Waals surface area contributed by atoms with E-state index >= 15 is 0 Å². The fourth-order valence-electron chi connectivity index (χ4n) is 1.80. The lowest BCUT2D eigenvalue weighted by molar-refractivity contribution is 0.163. The third-order valence-corrected chi connectivity index (χ3v) is 2.26. The molecule has 0 aromatic heterocycles. The summed E-state index contributed by atoms with van der Waals surface area (Å²) in [5.74, 6) is 0. The molecule has 1 aliphatic rings. The fourth-order valence-corrected chi connectivity index (χ4v) is 1.80. The van der Waals surface area contributed by atoms with Crippen molar-refractivity contribution in [1.82, 2.24) is 4.90 Å². The van der Waals surface area contributed by atoms with Gasteiger partial charge in [0.05, 0.1) is 12.1 Å². The van der Waals surface area contributed by atoms with Crippen molar-refractivity contribution < 1.29 is 4.74 Å². The van der Waals surface area contributed by atoms with E-state index in [1.807, 2.05) is 6.92 Å². The van der Waals surface area contributed by atoms with Gasteiger partial charge in [-0.25, -0.2) is 0 Å². The van der Waals surface area contributed by atoms with E-state index in [2.05, 4.69) is 18.5 Å². The van der Waals surface area contributed by atoms with Crippen molar-refractivity contribution in [2.24, 2.45) is 5.73 Å². The van der Waals surface area contributed by atoms with Gasteiger partial charge in [-0.2, -0.15) is 0 Å². The third-order valence-electron chi connectivity index (χ3n) is 2.26. The monoisotopic (exact) mass is 184 g/mol. The van der Waals surface area contributed by atoms with Crippen molar-refractivity contribution in [3.8, 4) is 0 Å². The molecule has 1 atom stereocenters. The number of nitrogens with zero attached hydrogens (tertiary/aromatic N) is 1. The molecule has 1 fully saturated rings. The van der Waals surface area contributed by atoms with Crippen LogP contribution in [0.2, 0.25) is 0 Å². The molecule has 0 bridgehead atoms. The molecule has 13 heavy (non-hydrogen) atoms. The van der Waals surface area contributed by atoms with Gasteiger partial charge in [0.15, 0.2) is 0 Å². The van der Waals surface area contributed by atoms with Gasteiger partial charge in [-0.1, -0.05) is 12.2 Å². The number of hydrogen-bond donors (Lipinski definition) is 1. The summed E-state index contributed by atoms with van der Waals surface area (Å²) in [7, 11) is 2.07. The topological polar surface area (TPSA) is 38.5 Å². The first kappa shape index (κ1) is 10.7. The molecular formula is C10H20N2O. The normalized spacial score (nSPS) is 28.3. The molecule has 0 amide bonds. The van der Waals surface area contributed by atoms with E-state index in [-0.39, 0.29) is 5.54 Å². The first-order valence-electron chi connectivity index (χ1n) is 4.71. The molecule has 0 radical (unpaired) electrons. The minimum Gasteiger partial charge on any atom is -0.379 e. The second-order valence-corrected chi connectivity index (χ2v) is 4.29. The van der Waals surface area contributed by atoms with Crippen LogP contribution in [0, 0.1) is 0 Å². The molecule has 3 nitrogen and oxygen atoms in total.